The quantitative estimate of drug-likeness (QED) is 0.669. The van der Waals surface area contributed by atoms with E-state index in [0.717, 1.165) is 21.9 Å². The smallest absolute Gasteiger partial charge is 0.0455 e. The Balaban J connectivity index is 1.85. The lowest BCUT2D eigenvalue weighted by atomic mass is 9.88. The molecular weight excluding hydrogens is 239 g/mol. The predicted octanol–water partition coefficient (Wildman–Crippen LogP) is 4.90. The van der Waals surface area contributed by atoms with Gasteiger partial charge in [-0.2, -0.15) is 0 Å². The van der Waals surface area contributed by atoms with E-state index in [0.29, 0.717) is 0 Å². The number of halogens is 2. The summed E-state index contributed by atoms with van der Waals surface area (Å²) < 4.78 is 0. The van der Waals surface area contributed by atoms with Crippen LogP contribution in [-0.4, -0.2) is 0 Å². The Morgan fingerprint density at radius 1 is 0.938 bits per heavy atom. The van der Waals surface area contributed by atoms with Gasteiger partial charge in [-0.3, -0.25) is 0 Å². The topological polar surface area (TPSA) is 0 Å². The molecule has 0 spiro atoms. The molecule has 1 saturated carbocycles. The summed E-state index contributed by atoms with van der Waals surface area (Å²) in [6.07, 6.45) is 8.06. The summed E-state index contributed by atoms with van der Waals surface area (Å²) >= 11 is 12.3. The third-order valence-corrected chi connectivity index (χ3v) is 4.82. The Morgan fingerprint density at radius 2 is 1.69 bits per heavy atom. The van der Waals surface area contributed by atoms with Gasteiger partial charge in [-0.05, 0) is 47.9 Å². The Morgan fingerprint density at radius 3 is 2.44 bits per heavy atom. The van der Waals surface area contributed by atoms with Crippen LogP contribution in [0, 0.1) is 11.8 Å². The summed E-state index contributed by atoms with van der Waals surface area (Å²) in [4.78, 5) is 0. The molecule has 0 nitrogen and oxygen atoms in total. The first kappa shape index (κ1) is 10.9. The van der Waals surface area contributed by atoms with Crippen molar-refractivity contribution >= 4 is 23.2 Å². The highest BCUT2D eigenvalue weighted by Crippen LogP contribution is 2.42. The van der Waals surface area contributed by atoms with Crippen LogP contribution in [0.15, 0.2) is 12.1 Å². The minimum atomic E-state index is 0.788. The van der Waals surface area contributed by atoms with Gasteiger partial charge in [0.25, 0.3) is 0 Å². The third kappa shape index (κ3) is 1.87. The number of hydrogen-bond acceptors (Lipinski definition) is 0. The molecule has 2 aliphatic carbocycles. The first-order valence-electron chi connectivity index (χ1n) is 6.21. The first-order valence-corrected chi connectivity index (χ1v) is 6.96. The average molecular weight is 255 g/mol. The lowest BCUT2D eigenvalue weighted by molar-refractivity contribution is 0.353. The van der Waals surface area contributed by atoms with Crippen LogP contribution in [0.3, 0.4) is 0 Å². The van der Waals surface area contributed by atoms with Crippen molar-refractivity contribution < 1.29 is 0 Å². The molecule has 1 fully saturated rings. The highest BCUT2D eigenvalue weighted by atomic mass is 35.5. The fraction of sp³-hybridized carbons (Fsp3) is 0.571. The monoisotopic (exact) mass is 254 g/mol. The van der Waals surface area contributed by atoms with E-state index in [2.05, 4.69) is 6.07 Å². The van der Waals surface area contributed by atoms with Crippen molar-refractivity contribution in [1.29, 1.82) is 0 Å². The maximum atomic E-state index is 6.26. The fourth-order valence-electron chi connectivity index (χ4n) is 3.45. The van der Waals surface area contributed by atoms with Gasteiger partial charge < -0.3 is 0 Å². The molecule has 2 heteroatoms. The van der Waals surface area contributed by atoms with E-state index in [1.54, 1.807) is 0 Å². The normalized spacial score (nSPS) is 25.0. The average Bonchev–Trinajstić information content (AvgIpc) is 2.82. The highest BCUT2D eigenvalue weighted by Gasteiger charge is 2.31. The largest absolute Gasteiger partial charge is 0.0843 e. The van der Waals surface area contributed by atoms with Gasteiger partial charge in [0.1, 0.15) is 0 Å². The Labute approximate surface area is 107 Å². The molecule has 0 unspecified atom stereocenters. The van der Waals surface area contributed by atoms with Crippen LogP contribution < -0.4 is 0 Å². The van der Waals surface area contributed by atoms with Crippen molar-refractivity contribution in [3.8, 4) is 0 Å². The second-order valence-electron chi connectivity index (χ2n) is 5.24. The summed E-state index contributed by atoms with van der Waals surface area (Å²) in [5.41, 5.74) is 2.76. The van der Waals surface area contributed by atoms with Gasteiger partial charge in [-0.25, -0.2) is 0 Å². The van der Waals surface area contributed by atoms with Crippen molar-refractivity contribution in [1.82, 2.24) is 0 Å². The summed E-state index contributed by atoms with van der Waals surface area (Å²) in [5.74, 6) is 1.76. The van der Waals surface area contributed by atoms with E-state index in [1.807, 2.05) is 6.07 Å². The SMILES string of the molecule is Clc1cc(Cl)c2c(c1)C[C@@H](C1CCCC1)C2. The molecule has 0 bridgehead atoms. The van der Waals surface area contributed by atoms with Gasteiger partial charge in [0.2, 0.25) is 0 Å². The number of hydrogen-bond donors (Lipinski definition) is 0. The van der Waals surface area contributed by atoms with E-state index < -0.39 is 0 Å². The van der Waals surface area contributed by atoms with Gasteiger partial charge in [-0.1, -0.05) is 48.9 Å². The summed E-state index contributed by atoms with van der Waals surface area (Å²) in [6.45, 7) is 0. The molecule has 0 aliphatic heterocycles. The highest BCUT2D eigenvalue weighted by molar-refractivity contribution is 6.35. The fourth-order valence-corrected chi connectivity index (χ4v) is 4.06. The summed E-state index contributed by atoms with van der Waals surface area (Å²) in [7, 11) is 0. The van der Waals surface area contributed by atoms with E-state index in [1.165, 1.54) is 49.7 Å². The summed E-state index contributed by atoms with van der Waals surface area (Å²) in [5, 5.41) is 1.67. The lowest BCUT2D eigenvalue weighted by Gasteiger charge is -2.16. The Hall–Kier alpha value is -0.200. The maximum Gasteiger partial charge on any atom is 0.0455 e. The maximum absolute atomic E-state index is 6.26. The van der Waals surface area contributed by atoms with E-state index in [4.69, 9.17) is 23.2 Å². The van der Waals surface area contributed by atoms with Crippen LogP contribution in [0.1, 0.15) is 36.8 Å². The van der Waals surface area contributed by atoms with Gasteiger partial charge in [0, 0.05) is 10.0 Å². The molecule has 1 atom stereocenters. The van der Waals surface area contributed by atoms with Crippen LogP contribution in [0.2, 0.25) is 10.0 Å². The van der Waals surface area contributed by atoms with Crippen molar-refractivity contribution in [2.24, 2.45) is 11.8 Å². The van der Waals surface area contributed by atoms with Crippen LogP contribution in [0.4, 0.5) is 0 Å². The Kier molecular flexibility index (Phi) is 2.89. The predicted molar refractivity (Wildman–Crippen MR) is 69.3 cm³/mol. The minimum Gasteiger partial charge on any atom is -0.0843 e. The summed E-state index contributed by atoms with van der Waals surface area (Å²) in [6, 6.07) is 4.00. The molecular formula is C14H16Cl2. The zero-order valence-electron chi connectivity index (χ0n) is 9.31. The minimum absolute atomic E-state index is 0.788. The number of benzene rings is 1. The number of fused-ring (bicyclic) bond motifs is 1. The molecule has 0 aromatic heterocycles. The number of rotatable bonds is 1. The van der Waals surface area contributed by atoms with Crippen LogP contribution >= 0.6 is 23.2 Å². The Bertz CT molecular complexity index is 405. The second-order valence-corrected chi connectivity index (χ2v) is 6.08. The van der Waals surface area contributed by atoms with Crippen LogP contribution in [0.25, 0.3) is 0 Å². The van der Waals surface area contributed by atoms with E-state index >= 15 is 0 Å². The molecule has 3 rings (SSSR count). The van der Waals surface area contributed by atoms with Crippen LogP contribution in [-0.2, 0) is 12.8 Å². The molecule has 0 amide bonds. The third-order valence-electron chi connectivity index (χ3n) is 4.27. The van der Waals surface area contributed by atoms with Crippen molar-refractivity contribution in [2.45, 2.75) is 38.5 Å². The van der Waals surface area contributed by atoms with Gasteiger partial charge >= 0.3 is 0 Å². The molecule has 16 heavy (non-hydrogen) atoms. The van der Waals surface area contributed by atoms with Crippen molar-refractivity contribution in [3.63, 3.8) is 0 Å². The second kappa shape index (κ2) is 4.23. The van der Waals surface area contributed by atoms with Gasteiger partial charge in [0.05, 0.1) is 0 Å². The molecule has 86 valence electrons. The molecule has 0 saturated heterocycles. The molecule has 0 heterocycles. The molecule has 1 aromatic carbocycles. The van der Waals surface area contributed by atoms with Gasteiger partial charge in [0.15, 0.2) is 0 Å². The standard InChI is InChI=1S/C14H16Cl2/c15-12-6-11-5-10(9-3-1-2-4-9)7-13(11)14(16)8-12/h6,8-10H,1-5,7H2/t10-/m1/s1. The lowest BCUT2D eigenvalue weighted by Crippen LogP contribution is -2.11. The zero-order valence-corrected chi connectivity index (χ0v) is 10.8. The van der Waals surface area contributed by atoms with Crippen LogP contribution in [0.5, 0.6) is 0 Å². The molecule has 0 N–H and O–H groups in total. The van der Waals surface area contributed by atoms with Crippen molar-refractivity contribution in [3.05, 3.63) is 33.3 Å². The molecule has 0 radical (unpaired) electrons. The van der Waals surface area contributed by atoms with Gasteiger partial charge in [-0.15, -0.1) is 0 Å². The van der Waals surface area contributed by atoms with E-state index in [-0.39, 0.29) is 0 Å². The molecule has 1 aromatic rings. The molecule has 2 aliphatic rings. The first-order chi connectivity index (χ1) is 7.74. The van der Waals surface area contributed by atoms with Crippen molar-refractivity contribution in [2.75, 3.05) is 0 Å². The zero-order chi connectivity index (χ0) is 11.1. The van der Waals surface area contributed by atoms with E-state index in [9.17, 15) is 0 Å².